The molecule has 0 aliphatic carbocycles. The Labute approximate surface area is 196 Å². The Morgan fingerprint density at radius 2 is 1.71 bits per heavy atom. The summed E-state index contributed by atoms with van der Waals surface area (Å²) in [7, 11) is 3.13. The number of anilines is 1. The molecule has 174 valence electrons. The SMILES string of the molecule is COc1ccc(C(=O)N2CCN(c3ncnc4c3nnn4Cc3ccccc3)CC2)cc1OC. The molecule has 0 spiro atoms. The molecule has 0 radical (unpaired) electrons. The summed E-state index contributed by atoms with van der Waals surface area (Å²) in [5, 5.41) is 8.68. The van der Waals surface area contributed by atoms with Gasteiger partial charge in [-0.15, -0.1) is 5.10 Å². The predicted molar refractivity (Wildman–Crippen MR) is 126 cm³/mol. The van der Waals surface area contributed by atoms with Crippen LogP contribution in [0.25, 0.3) is 11.2 Å². The zero-order chi connectivity index (χ0) is 23.5. The predicted octanol–water partition coefficient (Wildman–Crippen LogP) is 2.25. The normalized spacial score (nSPS) is 13.8. The van der Waals surface area contributed by atoms with Gasteiger partial charge in [0, 0.05) is 31.7 Å². The quantitative estimate of drug-likeness (QED) is 0.433. The molecule has 1 saturated heterocycles. The first-order valence-electron chi connectivity index (χ1n) is 11.0. The molecule has 1 fully saturated rings. The van der Waals surface area contributed by atoms with E-state index >= 15 is 0 Å². The molecule has 0 bridgehead atoms. The van der Waals surface area contributed by atoms with Crippen molar-refractivity contribution in [1.82, 2.24) is 29.9 Å². The summed E-state index contributed by atoms with van der Waals surface area (Å²) in [6.07, 6.45) is 1.55. The number of rotatable bonds is 6. The third kappa shape index (κ3) is 4.09. The van der Waals surface area contributed by atoms with Crippen LogP contribution in [0.2, 0.25) is 0 Å². The van der Waals surface area contributed by atoms with E-state index in [9.17, 15) is 4.79 Å². The highest BCUT2D eigenvalue weighted by Crippen LogP contribution is 2.28. The second-order valence-electron chi connectivity index (χ2n) is 7.95. The first-order chi connectivity index (χ1) is 16.7. The van der Waals surface area contributed by atoms with E-state index in [4.69, 9.17) is 9.47 Å². The average Bonchev–Trinajstić information content (AvgIpc) is 3.31. The maximum absolute atomic E-state index is 13.1. The lowest BCUT2D eigenvalue weighted by molar-refractivity contribution is 0.0746. The topological polar surface area (TPSA) is 98.5 Å². The fraction of sp³-hybridized carbons (Fsp3) is 0.292. The van der Waals surface area contributed by atoms with Crippen molar-refractivity contribution < 1.29 is 14.3 Å². The fourth-order valence-electron chi connectivity index (χ4n) is 4.15. The lowest BCUT2D eigenvalue weighted by atomic mass is 10.1. The molecule has 0 atom stereocenters. The molecule has 0 saturated carbocycles. The Hall–Kier alpha value is -4.21. The fourth-order valence-corrected chi connectivity index (χ4v) is 4.15. The van der Waals surface area contributed by atoms with Gasteiger partial charge in [-0.1, -0.05) is 35.5 Å². The van der Waals surface area contributed by atoms with Crippen molar-refractivity contribution in [2.75, 3.05) is 45.3 Å². The maximum Gasteiger partial charge on any atom is 0.254 e. The van der Waals surface area contributed by atoms with Gasteiger partial charge in [-0.3, -0.25) is 4.79 Å². The van der Waals surface area contributed by atoms with Crippen molar-refractivity contribution in [3.8, 4) is 11.5 Å². The minimum absolute atomic E-state index is 0.0396. The van der Waals surface area contributed by atoms with Crippen molar-refractivity contribution in [3.05, 3.63) is 66.0 Å². The number of nitrogens with zero attached hydrogens (tertiary/aromatic N) is 7. The highest BCUT2D eigenvalue weighted by Gasteiger charge is 2.26. The van der Waals surface area contributed by atoms with E-state index in [1.165, 1.54) is 0 Å². The number of ether oxygens (including phenoxy) is 2. The summed E-state index contributed by atoms with van der Waals surface area (Å²) in [5.74, 6) is 1.83. The summed E-state index contributed by atoms with van der Waals surface area (Å²) >= 11 is 0. The van der Waals surface area contributed by atoms with Crippen LogP contribution in [0.3, 0.4) is 0 Å². The zero-order valence-electron chi connectivity index (χ0n) is 19.1. The number of methoxy groups -OCH3 is 2. The first-order valence-corrected chi connectivity index (χ1v) is 11.0. The summed E-state index contributed by atoms with van der Waals surface area (Å²) in [5.41, 5.74) is 3.05. The van der Waals surface area contributed by atoms with Gasteiger partial charge in [-0.2, -0.15) is 0 Å². The molecule has 1 aliphatic rings. The molecule has 5 rings (SSSR count). The molecule has 1 aliphatic heterocycles. The number of aromatic nitrogens is 5. The molecule has 10 heteroatoms. The Balaban J connectivity index is 1.30. The van der Waals surface area contributed by atoms with Crippen molar-refractivity contribution in [2.45, 2.75) is 6.54 Å². The molecule has 0 unspecified atom stereocenters. The monoisotopic (exact) mass is 459 g/mol. The van der Waals surface area contributed by atoms with Gasteiger partial charge in [-0.05, 0) is 23.8 Å². The number of benzene rings is 2. The van der Waals surface area contributed by atoms with Gasteiger partial charge in [0.1, 0.15) is 6.33 Å². The zero-order valence-corrected chi connectivity index (χ0v) is 19.1. The van der Waals surface area contributed by atoms with Crippen molar-refractivity contribution in [2.24, 2.45) is 0 Å². The Kier molecular flexibility index (Phi) is 5.94. The van der Waals surface area contributed by atoms with Gasteiger partial charge in [-0.25, -0.2) is 14.6 Å². The van der Waals surface area contributed by atoms with E-state index in [1.54, 1.807) is 43.4 Å². The summed E-state index contributed by atoms with van der Waals surface area (Å²) in [4.78, 5) is 25.9. The van der Waals surface area contributed by atoms with E-state index in [0.717, 1.165) is 11.4 Å². The Bertz CT molecular complexity index is 1300. The Morgan fingerprint density at radius 3 is 2.44 bits per heavy atom. The summed E-state index contributed by atoms with van der Waals surface area (Å²) in [6.45, 7) is 2.99. The molecule has 3 heterocycles. The Morgan fingerprint density at radius 1 is 0.941 bits per heavy atom. The number of amides is 1. The summed E-state index contributed by atoms with van der Waals surface area (Å²) in [6, 6.07) is 15.3. The molecule has 10 nitrogen and oxygen atoms in total. The molecule has 0 N–H and O–H groups in total. The van der Waals surface area contributed by atoms with Crippen LogP contribution in [0.1, 0.15) is 15.9 Å². The first kappa shape index (κ1) is 21.6. The van der Waals surface area contributed by atoms with Crippen molar-refractivity contribution >= 4 is 22.9 Å². The van der Waals surface area contributed by atoms with E-state index < -0.39 is 0 Å². The smallest absolute Gasteiger partial charge is 0.254 e. The van der Waals surface area contributed by atoms with E-state index in [2.05, 4.69) is 25.2 Å². The van der Waals surface area contributed by atoms with Crippen LogP contribution in [0.4, 0.5) is 5.82 Å². The van der Waals surface area contributed by atoms with Crippen LogP contribution < -0.4 is 14.4 Å². The minimum Gasteiger partial charge on any atom is -0.493 e. The van der Waals surface area contributed by atoms with Crippen molar-refractivity contribution in [3.63, 3.8) is 0 Å². The number of piperazine rings is 1. The highest BCUT2D eigenvalue weighted by atomic mass is 16.5. The number of fused-ring (bicyclic) bond motifs is 1. The molecule has 1 amide bonds. The number of hydrogen-bond donors (Lipinski definition) is 0. The van der Waals surface area contributed by atoms with Gasteiger partial charge in [0.2, 0.25) is 0 Å². The molecular weight excluding hydrogens is 434 g/mol. The van der Waals surface area contributed by atoms with Crippen LogP contribution in [0.5, 0.6) is 11.5 Å². The molecule has 2 aromatic carbocycles. The summed E-state index contributed by atoms with van der Waals surface area (Å²) < 4.78 is 12.4. The minimum atomic E-state index is -0.0396. The van der Waals surface area contributed by atoms with Gasteiger partial charge in [0.15, 0.2) is 28.5 Å². The van der Waals surface area contributed by atoms with E-state index in [0.29, 0.717) is 61.0 Å². The maximum atomic E-state index is 13.1. The van der Waals surface area contributed by atoms with E-state index in [-0.39, 0.29) is 5.91 Å². The standard InChI is InChI=1S/C24H25N7O3/c1-33-19-9-8-18(14-20(19)34-2)24(32)30-12-10-29(11-13-30)22-21-23(26-16-25-22)31(28-27-21)15-17-6-4-3-5-7-17/h3-9,14,16H,10-13,15H2,1-2H3. The van der Waals surface area contributed by atoms with Gasteiger partial charge < -0.3 is 19.3 Å². The average molecular weight is 460 g/mol. The number of carbonyl (C=O) groups excluding carboxylic acids is 1. The van der Waals surface area contributed by atoms with Gasteiger partial charge in [0.25, 0.3) is 5.91 Å². The van der Waals surface area contributed by atoms with Crippen LogP contribution in [-0.4, -0.2) is 76.2 Å². The largest absolute Gasteiger partial charge is 0.493 e. The lowest BCUT2D eigenvalue weighted by Crippen LogP contribution is -2.49. The van der Waals surface area contributed by atoms with Crippen molar-refractivity contribution in [1.29, 1.82) is 0 Å². The van der Waals surface area contributed by atoms with Crippen LogP contribution >= 0.6 is 0 Å². The number of hydrogen-bond acceptors (Lipinski definition) is 8. The molecule has 4 aromatic rings. The van der Waals surface area contributed by atoms with Gasteiger partial charge >= 0.3 is 0 Å². The van der Waals surface area contributed by atoms with E-state index in [1.807, 2.05) is 35.2 Å². The highest BCUT2D eigenvalue weighted by molar-refractivity contribution is 5.95. The lowest BCUT2D eigenvalue weighted by Gasteiger charge is -2.35. The van der Waals surface area contributed by atoms with Crippen LogP contribution in [-0.2, 0) is 6.54 Å². The van der Waals surface area contributed by atoms with Gasteiger partial charge in [0.05, 0.1) is 20.8 Å². The third-order valence-electron chi connectivity index (χ3n) is 5.95. The van der Waals surface area contributed by atoms with Crippen LogP contribution in [0.15, 0.2) is 54.9 Å². The number of carbonyl (C=O) groups is 1. The third-order valence-corrected chi connectivity index (χ3v) is 5.95. The molecular formula is C24H25N7O3. The second-order valence-corrected chi connectivity index (χ2v) is 7.95. The van der Waals surface area contributed by atoms with Crippen LogP contribution in [0, 0.1) is 0 Å². The molecule has 2 aromatic heterocycles. The molecule has 34 heavy (non-hydrogen) atoms. The second kappa shape index (κ2) is 9.34.